The number of furan rings is 2. The van der Waals surface area contributed by atoms with Gasteiger partial charge in [0.15, 0.2) is 11.4 Å². The molecule has 3 heterocycles. The van der Waals surface area contributed by atoms with E-state index in [0.29, 0.717) is 5.92 Å². The van der Waals surface area contributed by atoms with Gasteiger partial charge in [-0.15, -0.1) is 29.1 Å². The number of fused-ring (bicyclic) bond motifs is 3. The maximum absolute atomic E-state index is 12.2. The number of benzene rings is 3. The van der Waals surface area contributed by atoms with E-state index >= 15 is 0 Å². The van der Waals surface area contributed by atoms with Crippen LogP contribution in [-0.4, -0.2) is 15.9 Å². The molecule has 3 aromatic heterocycles. The van der Waals surface area contributed by atoms with Crippen molar-refractivity contribution >= 4 is 38.6 Å². The van der Waals surface area contributed by atoms with E-state index in [1.54, 1.807) is 0 Å². The van der Waals surface area contributed by atoms with Gasteiger partial charge in [-0.2, -0.15) is 0 Å². The molecule has 6 aromatic rings. The van der Waals surface area contributed by atoms with E-state index in [-0.39, 0.29) is 47.9 Å². The maximum atomic E-state index is 12.2. The normalized spacial score (nSPS) is 12.6. The summed E-state index contributed by atoms with van der Waals surface area (Å²) in [4.78, 5) is 17.2. The molecule has 0 saturated heterocycles. The molecule has 55 heavy (non-hydrogen) atoms. The molecule has 6 rings (SSSR count). The number of aryl methyl sites for hydroxylation is 1. The minimum atomic E-state index is -0.337. The van der Waals surface area contributed by atoms with Crippen LogP contribution < -0.4 is 0 Å². The van der Waals surface area contributed by atoms with Crippen LogP contribution in [0.3, 0.4) is 0 Å². The zero-order valence-corrected chi connectivity index (χ0v) is 37.4. The first-order chi connectivity index (χ1) is 25.4. The number of carbonyl (C=O) groups is 1. The third-order valence-electron chi connectivity index (χ3n) is 11.6. The van der Waals surface area contributed by atoms with Crippen LogP contribution >= 0.6 is 0 Å². The molecule has 0 aliphatic heterocycles. The summed E-state index contributed by atoms with van der Waals surface area (Å²) in [7, 11) is 0. The van der Waals surface area contributed by atoms with E-state index in [9.17, 15) is 9.90 Å². The molecular weight excluding hydrogens is 859 g/mol. The van der Waals surface area contributed by atoms with Gasteiger partial charge in [-0.25, -0.2) is 0 Å². The summed E-state index contributed by atoms with van der Waals surface area (Å²) in [5, 5.41) is 13.6. The van der Waals surface area contributed by atoms with Gasteiger partial charge in [0.1, 0.15) is 28.4 Å². The Balaban J connectivity index is 0.000000320. The average Bonchev–Trinajstić information content (AvgIpc) is 3.73. The fraction of sp³-hybridized carbons (Fsp3) is 0.429. The largest absolute Gasteiger partial charge is 0.512 e. The Morgan fingerprint density at radius 3 is 2.13 bits per heavy atom. The molecule has 0 fully saturated rings. The minimum absolute atomic E-state index is 0. The topological polar surface area (TPSA) is 76.5 Å². The minimum Gasteiger partial charge on any atom is -0.512 e. The van der Waals surface area contributed by atoms with E-state index < -0.39 is 0 Å². The first-order valence-electron chi connectivity index (χ1n) is 19.8. The van der Waals surface area contributed by atoms with Crippen LogP contribution in [0.2, 0.25) is 0 Å². The van der Waals surface area contributed by atoms with Crippen LogP contribution in [0.25, 0.3) is 55.2 Å². The first kappa shape index (κ1) is 43.7. The van der Waals surface area contributed by atoms with Gasteiger partial charge >= 0.3 is 0 Å². The van der Waals surface area contributed by atoms with Crippen LogP contribution in [0, 0.1) is 29.7 Å². The van der Waals surface area contributed by atoms with Gasteiger partial charge < -0.3 is 13.9 Å². The van der Waals surface area contributed by atoms with E-state index in [4.69, 9.17) is 13.8 Å². The van der Waals surface area contributed by atoms with Crippen LogP contribution in [-0.2, 0) is 36.7 Å². The fourth-order valence-corrected chi connectivity index (χ4v) is 6.92. The van der Waals surface area contributed by atoms with Gasteiger partial charge in [-0.1, -0.05) is 124 Å². The van der Waals surface area contributed by atoms with E-state index in [1.165, 1.54) is 17.0 Å². The van der Waals surface area contributed by atoms with Crippen molar-refractivity contribution in [3.8, 4) is 22.4 Å². The summed E-state index contributed by atoms with van der Waals surface area (Å²) in [6.45, 7) is 25.2. The molecule has 0 unspecified atom stereocenters. The second-order valence-electron chi connectivity index (χ2n) is 17.0. The number of carbonyl (C=O) groups excluding carboxylic acids is 1. The van der Waals surface area contributed by atoms with Crippen molar-refractivity contribution in [2.24, 2.45) is 16.7 Å². The molecule has 0 bridgehead atoms. The van der Waals surface area contributed by atoms with Crippen molar-refractivity contribution in [2.45, 2.75) is 121 Å². The standard InChI is InChI=1S/C34H32NO2.C15H28O2.Ir/c1-20(2)13-26-16-24-12-11-23(18-32(24)37-26)28-19-30(35-31-14-21(3)36-33(28)31)25-15-22-9-7-8-10-27(22)29(17-25)34(4,5)6;1-7-14(5,8-2)12(16)11-13(17)15(6,9-3)10-4;/h7-12,14,16-20H,13H2,1-6H3;11,16H,7-10H2,1-6H3;/q-1;;/b;12-11-;. The molecule has 1 N–H and O–H groups in total. The predicted molar refractivity (Wildman–Crippen MR) is 226 cm³/mol. The molecule has 0 aliphatic rings. The van der Waals surface area contributed by atoms with Crippen molar-refractivity contribution in [3.63, 3.8) is 0 Å². The number of aliphatic hydroxyl groups excluding tert-OH is 1. The molecule has 0 spiro atoms. The summed E-state index contributed by atoms with van der Waals surface area (Å²) in [5.74, 6) is 2.70. The van der Waals surface area contributed by atoms with Gasteiger partial charge in [0.25, 0.3) is 0 Å². The van der Waals surface area contributed by atoms with Crippen molar-refractivity contribution in [2.75, 3.05) is 0 Å². The van der Waals surface area contributed by atoms with Crippen LogP contribution in [0.5, 0.6) is 0 Å². The van der Waals surface area contributed by atoms with E-state index in [0.717, 1.165) is 93.5 Å². The monoisotopic (exact) mass is 919 g/mol. The molecule has 0 saturated carbocycles. The second-order valence-corrected chi connectivity index (χ2v) is 17.0. The molecule has 5 nitrogen and oxygen atoms in total. The zero-order valence-electron chi connectivity index (χ0n) is 35.0. The Morgan fingerprint density at radius 1 is 0.855 bits per heavy atom. The molecule has 0 amide bonds. The number of rotatable bonds is 11. The number of hydrogen-bond donors (Lipinski definition) is 1. The fourth-order valence-electron chi connectivity index (χ4n) is 6.92. The number of aromatic nitrogens is 1. The Bertz CT molecular complexity index is 2290. The Hall–Kier alpha value is -3.99. The molecule has 6 heteroatoms. The number of allylic oxidation sites excluding steroid dienone is 2. The number of hydrogen-bond acceptors (Lipinski definition) is 5. The number of aliphatic hydroxyl groups is 1. The summed E-state index contributed by atoms with van der Waals surface area (Å²) in [5.41, 5.74) is 7.16. The van der Waals surface area contributed by atoms with Crippen LogP contribution in [0.1, 0.15) is 119 Å². The third-order valence-corrected chi connectivity index (χ3v) is 11.6. The molecule has 3 aromatic carbocycles. The predicted octanol–water partition coefficient (Wildman–Crippen LogP) is 14.3. The van der Waals surface area contributed by atoms with Gasteiger partial charge in [-0.05, 0) is 61.6 Å². The Labute approximate surface area is 342 Å². The SMILES string of the molecule is CCC(C)(CC)C(=O)/C=C(\O)C(C)(CC)CC.Cc1cc2nc(-c3[c-]c4ccccc4c(C(C)(C)C)c3)cc(-c3ccc4cc(CC(C)C)oc4c3)c2o1.[Ir]. The molecule has 0 aliphatic carbocycles. The summed E-state index contributed by atoms with van der Waals surface area (Å²) < 4.78 is 12.4. The molecule has 0 atom stereocenters. The molecule has 295 valence electrons. The molecular formula is C49H60IrNO4-. The van der Waals surface area contributed by atoms with Crippen LogP contribution in [0.15, 0.2) is 87.4 Å². The number of pyridine rings is 1. The van der Waals surface area contributed by atoms with Gasteiger partial charge in [0, 0.05) is 66.1 Å². The smallest absolute Gasteiger partial charge is 0.164 e. The quantitative estimate of drug-likeness (QED) is 0.0796. The summed E-state index contributed by atoms with van der Waals surface area (Å²) in [6.07, 6.45) is 5.68. The average molecular weight is 919 g/mol. The summed E-state index contributed by atoms with van der Waals surface area (Å²) in [6, 6.07) is 27.1. The number of ketones is 1. The summed E-state index contributed by atoms with van der Waals surface area (Å²) >= 11 is 0. The second kappa shape index (κ2) is 17.4. The van der Waals surface area contributed by atoms with Gasteiger partial charge in [0.05, 0.1) is 0 Å². The Kier molecular flexibility index (Phi) is 13.9. The van der Waals surface area contributed by atoms with Crippen molar-refractivity contribution in [1.29, 1.82) is 0 Å². The molecule has 1 radical (unpaired) electrons. The van der Waals surface area contributed by atoms with Crippen molar-refractivity contribution in [3.05, 3.63) is 102 Å². The van der Waals surface area contributed by atoms with Gasteiger partial charge in [0.2, 0.25) is 0 Å². The third kappa shape index (κ3) is 9.52. The van der Waals surface area contributed by atoms with E-state index in [2.05, 4.69) is 101 Å². The van der Waals surface area contributed by atoms with E-state index in [1.807, 2.05) is 54.5 Å². The number of nitrogens with zero attached hydrogens (tertiary/aromatic N) is 1. The van der Waals surface area contributed by atoms with Crippen LogP contribution in [0.4, 0.5) is 0 Å². The maximum Gasteiger partial charge on any atom is 0.164 e. The zero-order chi connectivity index (χ0) is 39.6. The first-order valence-corrected chi connectivity index (χ1v) is 19.8. The Morgan fingerprint density at radius 2 is 1.51 bits per heavy atom. The van der Waals surface area contributed by atoms with Gasteiger partial charge in [-0.3, -0.25) is 9.78 Å². The van der Waals surface area contributed by atoms with Crippen molar-refractivity contribution < 1.29 is 38.8 Å². The van der Waals surface area contributed by atoms with Crippen molar-refractivity contribution in [1.82, 2.24) is 4.98 Å².